The summed E-state index contributed by atoms with van der Waals surface area (Å²) in [6, 6.07) is 6.22. The third-order valence-electron chi connectivity index (χ3n) is 3.88. The van der Waals surface area contributed by atoms with Gasteiger partial charge in [-0.05, 0) is 31.0 Å². The van der Waals surface area contributed by atoms with Crippen molar-refractivity contribution in [3.05, 3.63) is 40.6 Å². The van der Waals surface area contributed by atoms with Crippen LogP contribution in [0.2, 0.25) is 0 Å². The van der Waals surface area contributed by atoms with Crippen molar-refractivity contribution in [1.82, 2.24) is 10.2 Å². The highest BCUT2D eigenvalue weighted by Crippen LogP contribution is 2.25. The SMILES string of the molecule is CC(=O)N1CN=C(NCCc2ccc(OCC(F)(F)F)cc2)C(Cl)=C1C(C)F. The summed E-state index contributed by atoms with van der Waals surface area (Å²) in [6.07, 6.45) is -5.29. The summed E-state index contributed by atoms with van der Waals surface area (Å²) >= 11 is 6.20. The van der Waals surface area contributed by atoms with E-state index >= 15 is 0 Å². The van der Waals surface area contributed by atoms with Crippen LogP contribution in [0.1, 0.15) is 19.4 Å². The van der Waals surface area contributed by atoms with E-state index in [1.807, 2.05) is 0 Å². The molecular weight excluding hydrogens is 402 g/mol. The molecule has 1 atom stereocenters. The summed E-state index contributed by atoms with van der Waals surface area (Å²) < 4.78 is 54.9. The van der Waals surface area contributed by atoms with Crippen LogP contribution in [-0.2, 0) is 11.2 Å². The van der Waals surface area contributed by atoms with Gasteiger partial charge in [0.25, 0.3) is 0 Å². The predicted molar refractivity (Wildman–Crippen MR) is 98.0 cm³/mol. The number of carbonyl (C=O) groups is 1. The molecule has 0 aromatic heterocycles. The van der Waals surface area contributed by atoms with Gasteiger partial charge in [0, 0.05) is 13.5 Å². The van der Waals surface area contributed by atoms with E-state index in [1.165, 1.54) is 30.9 Å². The minimum Gasteiger partial charge on any atom is -0.484 e. The lowest BCUT2D eigenvalue weighted by Crippen LogP contribution is -2.40. The maximum absolute atomic E-state index is 13.9. The average Bonchev–Trinajstić information content (AvgIpc) is 2.61. The molecule has 1 unspecified atom stereocenters. The van der Waals surface area contributed by atoms with E-state index in [9.17, 15) is 22.4 Å². The van der Waals surface area contributed by atoms with Gasteiger partial charge in [-0.2, -0.15) is 13.2 Å². The summed E-state index contributed by atoms with van der Waals surface area (Å²) in [5.41, 5.74) is 0.922. The highest BCUT2D eigenvalue weighted by molar-refractivity contribution is 6.43. The first-order valence-electron chi connectivity index (χ1n) is 8.47. The van der Waals surface area contributed by atoms with E-state index in [0.717, 1.165) is 5.56 Å². The number of amides is 1. The topological polar surface area (TPSA) is 53.9 Å². The van der Waals surface area contributed by atoms with Gasteiger partial charge >= 0.3 is 6.18 Å². The second-order valence-corrected chi connectivity index (χ2v) is 6.51. The molecule has 28 heavy (non-hydrogen) atoms. The van der Waals surface area contributed by atoms with Crippen LogP contribution in [0, 0.1) is 0 Å². The summed E-state index contributed by atoms with van der Waals surface area (Å²) in [5, 5.41) is 3.05. The molecule has 154 valence electrons. The number of amidine groups is 1. The van der Waals surface area contributed by atoms with Crippen molar-refractivity contribution in [3.8, 4) is 5.75 Å². The number of carbonyl (C=O) groups excluding carboxylic acids is 1. The van der Waals surface area contributed by atoms with E-state index < -0.39 is 19.0 Å². The maximum Gasteiger partial charge on any atom is 0.422 e. The van der Waals surface area contributed by atoms with Gasteiger partial charge in [-0.1, -0.05) is 23.7 Å². The Kier molecular flexibility index (Phi) is 7.29. The minimum atomic E-state index is -4.38. The van der Waals surface area contributed by atoms with Gasteiger partial charge in [0.05, 0.1) is 5.70 Å². The van der Waals surface area contributed by atoms with Gasteiger partial charge in [0.1, 0.15) is 29.5 Å². The lowest BCUT2D eigenvalue weighted by molar-refractivity contribution is -0.153. The zero-order chi connectivity index (χ0) is 20.9. The molecule has 0 spiro atoms. The van der Waals surface area contributed by atoms with Crippen LogP contribution < -0.4 is 10.1 Å². The Morgan fingerprint density at radius 1 is 1.36 bits per heavy atom. The van der Waals surface area contributed by atoms with Crippen LogP contribution in [-0.4, -0.2) is 48.8 Å². The van der Waals surface area contributed by atoms with Crippen LogP contribution in [0.3, 0.4) is 0 Å². The lowest BCUT2D eigenvalue weighted by Gasteiger charge is -2.29. The molecule has 1 aliphatic heterocycles. The summed E-state index contributed by atoms with van der Waals surface area (Å²) in [4.78, 5) is 16.9. The molecule has 1 aromatic rings. The number of benzene rings is 1. The highest BCUT2D eigenvalue weighted by Gasteiger charge is 2.29. The second kappa shape index (κ2) is 9.27. The van der Waals surface area contributed by atoms with Gasteiger partial charge in [0.2, 0.25) is 5.91 Å². The summed E-state index contributed by atoms with van der Waals surface area (Å²) in [6.45, 7) is 1.64. The third kappa shape index (κ3) is 6.12. The number of hydrogen-bond donors (Lipinski definition) is 1. The Morgan fingerprint density at radius 3 is 2.54 bits per heavy atom. The monoisotopic (exact) mass is 421 g/mol. The number of nitrogens with zero attached hydrogens (tertiary/aromatic N) is 2. The summed E-state index contributed by atoms with van der Waals surface area (Å²) in [7, 11) is 0. The predicted octanol–water partition coefficient (Wildman–Crippen LogP) is 3.79. The first-order valence-corrected chi connectivity index (χ1v) is 8.85. The molecule has 0 saturated heterocycles. The fourth-order valence-electron chi connectivity index (χ4n) is 2.56. The van der Waals surface area contributed by atoms with Crippen molar-refractivity contribution in [3.63, 3.8) is 0 Å². The van der Waals surface area contributed by atoms with E-state index in [1.54, 1.807) is 12.1 Å². The molecule has 0 aliphatic carbocycles. The molecule has 0 fully saturated rings. The molecular formula is C18H20ClF4N3O2. The van der Waals surface area contributed by atoms with Crippen molar-refractivity contribution in [2.45, 2.75) is 32.6 Å². The van der Waals surface area contributed by atoms with Gasteiger partial charge in [-0.25, -0.2) is 9.38 Å². The Morgan fingerprint density at radius 2 is 2.00 bits per heavy atom. The molecule has 1 aliphatic rings. The van der Waals surface area contributed by atoms with Crippen molar-refractivity contribution >= 4 is 23.3 Å². The molecule has 1 aromatic carbocycles. The van der Waals surface area contributed by atoms with Crippen LogP contribution in [0.4, 0.5) is 17.6 Å². The van der Waals surface area contributed by atoms with Gasteiger partial charge in [-0.3, -0.25) is 9.69 Å². The Bertz CT molecular complexity index is 761. The van der Waals surface area contributed by atoms with Gasteiger partial charge in [0.15, 0.2) is 6.61 Å². The number of hydrogen-bond acceptors (Lipinski definition) is 4. The number of halogens is 5. The zero-order valence-electron chi connectivity index (χ0n) is 15.3. The van der Waals surface area contributed by atoms with Crippen molar-refractivity contribution in [2.75, 3.05) is 19.8 Å². The Labute approximate surface area is 165 Å². The molecule has 1 amide bonds. The van der Waals surface area contributed by atoms with Crippen LogP contribution in [0.15, 0.2) is 40.0 Å². The van der Waals surface area contributed by atoms with Crippen molar-refractivity contribution in [1.29, 1.82) is 0 Å². The first-order chi connectivity index (χ1) is 13.1. The van der Waals surface area contributed by atoms with E-state index in [-0.39, 0.29) is 29.1 Å². The van der Waals surface area contributed by atoms with Crippen LogP contribution in [0.25, 0.3) is 0 Å². The Hall–Kier alpha value is -2.29. The van der Waals surface area contributed by atoms with Crippen LogP contribution in [0.5, 0.6) is 5.75 Å². The lowest BCUT2D eigenvalue weighted by atomic mass is 10.1. The first kappa shape index (κ1) is 22.0. The quantitative estimate of drug-likeness (QED) is 0.711. The van der Waals surface area contributed by atoms with Crippen molar-refractivity contribution < 1.29 is 27.1 Å². The van der Waals surface area contributed by atoms with Gasteiger partial charge < -0.3 is 10.1 Å². The fourth-order valence-corrected chi connectivity index (χ4v) is 2.94. The molecule has 1 N–H and O–H groups in total. The third-order valence-corrected chi connectivity index (χ3v) is 4.26. The smallest absolute Gasteiger partial charge is 0.422 e. The number of allylic oxidation sites excluding steroid dienone is 1. The summed E-state index contributed by atoms with van der Waals surface area (Å²) in [5.74, 6) is 0.0691. The average molecular weight is 422 g/mol. The van der Waals surface area contributed by atoms with E-state index in [4.69, 9.17) is 11.6 Å². The fraction of sp³-hybridized carbons (Fsp3) is 0.444. The van der Waals surface area contributed by atoms with Crippen LogP contribution >= 0.6 is 11.6 Å². The minimum absolute atomic E-state index is 0.0251. The second-order valence-electron chi connectivity index (χ2n) is 6.13. The molecule has 1 heterocycles. The number of alkyl halides is 4. The number of ether oxygens (including phenoxy) is 1. The number of nitrogens with one attached hydrogen (secondary N) is 1. The van der Waals surface area contributed by atoms with Gasteiger partial charge in [-0.15, -0.1) is 0 Å². The highest BCUT2D eigenvalue weighted by atomic mass is 35.5. The molecule has 2 rings (SSSR count). The number of aliphatic imine (C=N–C) groups is 1. The van der Waals surface area contributed by atoms with Crippen molar-refractivity contribution in [2.24, 2.45) is 4.99 Å². The molecule has 10 heteroatoms. The molecule has 0 saturated carbocycles. The molecule has 0 bridgehead atoms. The Balaban J connectivity index is 1.92. The largest absolute Gasteiger partial charge is 0.484 e. The number of rotatable bonds is 6. The van der Waals surface area contributed by atoms with E-state index in [0.29, 0.717) is 18.8 Å². The normalized spacial score (nSPS) is 16.0. The standard InChI is InChI=1S/C18H20ClF4N3O2/c1-11(20)16-15(19)17(25-10-26(16)12(2)27)24-8-7-13-3-5-14(6-4-13)28-9-18(21,22)23/h3-6,11H,7-10H2,1-2H3,(H,24,25). The zero-order valence-corrected chi connectivity index (χ0v) is 16.1. The van der Waals surface area contributed by atoms with E-state index in [2.05, 4.69) is 15.0 Å². The molecule has 0 radical (unpaired) electrons. The maximum atomic E-state index is 13.9. The molecule has 5 nitrogen and oxygen atoms in total.